The highest BCUT2D eigenvalue weighted by molar-refractivity contribution is 9.10. The van der Waals surface area contributed by atoms with E-state index in [1.165, 1.54) is 12.3 Å². The van der Waals surface area contributed by atoms with Gasteiger partial charge in [0.1, 0.15) is 17.3 Å². The summed E-state index contributed by atoms with van der Waals surface area (Å²) >= 11 is 3.45. The van der Waals surface area contributed by atoms with Crippen LogP contribution in [0.15, 0.2) is 47.1 Å². The lowest BCUT2D eigenvalue weighted by Gasteiger charge is -2.10. The van der Waals surface area contributed by atoms with Crippen molar-refractivity contribution in [1.29, 1.82) is 0 Å². The number of benzene rings is 2. The third-order valence-electron chi connectivity index (χ3n) is 3.15. The summed E-state index contributed by atoms with van der Waals surface area (Å²) in [6.45, 7) is 1.98. The molecule has 1 aromatic heterocycles. The number of rotatable bonds is 4. The van der Waals surface area contributed by atoms with E-state index in [1.807, 2.05) is 25.1 Å². The summed E-state index contributed by atoms with van der Waals surface area (Å²) < 4.78 is 28.2. The van der Waals surface area contributed by atoms with Crippen LogP contribution in [0.25, 0.3) is 0 Å². The van der Waals surface area contributed by atoms with Crippen molar-refractivity contribution in [1.82, 2.24) is 15.2 Å². The van der Waals surface area contributed by atoms with Gasteiger partial charge in [-0.05, 0) is 52.7 Å². The quantitative estimate of drug-likeness (QED) is 0.674. The zero-order valence-electron chi connectivity index (χ0n) is 12.5. The molecule has 0 radical (unpaired) electrons. The molecule has 2 aromatic carbocycles. The molecule has 0 fully saturated rings. The lowest BCUT2D eigenvalue weighted by molar-refractivity contribution is 0.590. The van der Waals surface area contributed by atoms with Gasteiger partial charge in [-0.3, -0.25) is 0 Å². The van der Waals surface area contributed by atoms with Crippen LogP contribution in [-0.2, 0) is 0 Å². The van der Waals surface area contributed by atoms with Gasteiger partial charge in [0.25, 0.3) is 0 Å². The smallest absolute Gasteiger partial charge is 0.249 e. The summed E-state index contributed by atoms with van der Waals surface area (Å²) in [6, 6.07) is 9.34. The summed E-state index contributed by atoms with van der Waals surface area (Å²) in [6.07, 6.45) is 1.41. The molecular formula is C16H12BrF2N5. The zero-order valence-corrected chi connectivity index (χ0v) is 14.1. The monoisotopic (exact) mass is 391 g/mol. The summed E-state index contributed by atoms with van der Waals surface area (Å²) in [5, 5.41) is 13.1. The number of aromatic nitrogens is 3. The Morgan fingerprint density at radius 3 is 2.50 bits per heavy atom. The summed E-state index contributed by atoms with van der Waals surface area (Å²) in [7, 11) is 0. The van der Waals surface area contributed by atoms with E-state index in [0.29, 0.717) is 5.82 Å². The van der Waals surface area contributed by atoms with Crippen LogP contribution < -0.4 is 10.6 Å². The van der Waals surface area contributed by atoms with Gasteiger partial charge < -0.3 is 10.6 Å². The fourth-order valence-electron chi connectivity index (χ4n) is 2.01. The molecular weight excluding hydrogens is 380 g/mol. The van der Waals surface area contributed by atoms with E-state index < -0.39 is 11.6 Å². The second-order valence-corrected chi connectivity index (χ2v) is 5.85. The van der Waals surface area contributed by atoms with Crippen molar-refractivity contribution in [3.8, 4) is 0 Å². The Morgan fingerprint density at radius 1 is 1.04 bits per heavy atom. The number of aryl methyl sites for hydroxylation is 1. The maximum absolute atomic E-state index is 13.7. The minimum atomic E-state index is -0.738. The molecule has 0 unspecified atom stereocenters. The molecule has 0 aliphatic heterocycles. The number of anilines is 4. The molecule has 0 saturated heterocycles. The van der Waals surface area contributed by atoms with Crippen LogP contribution >= 0.6 is 15.9 Å². The fourth-order valence-corrected chi connectivity index (χ4v) is 2.60. The van der Waals surface area contributed by atoms with Gasteiger partial charge in [0, 0.05) is 4.47 Å². The van der Waals surface area contributed by atoms with E-state index in [0.717, 1.165) is 27.9 Å². The van der Waals surface area contributed by atoms with Crippen molar-refractivity contribution in [2.24, 2.45) is 0 Å². The number of halogens is 3. The summed E-state index contributed by atoms with van der Waals surface area (Å²) in [5.74, 6) is -1.11. The molecule has 0 amide bonds. The average Bonchev–Trinajstić information content (AvgIpc) is 2.54. The third kappa shape index (κ3) is 3.65. The molecule has 122 valence electrons. The first-order chi connectivity index (χ1) is 11.5. The van der Waals surface area contributed by atoms with E-state index in [1.54, 1.807) is 0 Å². The highest BCUT2D eigenvalue weighted by Crippen LogP contribution is 2.26. The SMILES string of the molecule is Cc1ccc(Nc2cnnc(Nc3c(F)cccc3F)n2)c(Br)c1. The molecule has 0 atom stereocenters. The van der Waals surface area contributed by atoms with Crippen molar-refractivity contribution in [2.75, 3.05) is 10.6 Å². The van der Waals surface area contributed by atoms with Crippen molar-refractivity contribution in [3.05, 3.63) is 64.3 Å². The number of hydrogen-bond donors (Lipinski definition) is 2. The first kappa shape index (κ1) is 16.3. The van der Waals surface area contributed by atoms with Gasteiger partial charge in [0.2, 0.25) is 5.95 Å². The molecule has 5 nitrogen and oxygen atoms in total. The van der Waals surface area contributed by atoms with E-state index in [2.05, 4.69) is 41.7 Å². The molecule has 0 aliphatic carbocycles. The Morgan fingerprint density at radius 2 is 1.79 bits per heavy atom. The molecule has 3 aromatic rings. The molecule has 0 bridgehead atoms. The zero-order chi connectivity index (χ0) is 17.1. The molecule has 0 aliphatic rings. The largest absolute Gasteiger partial charge is 0.338 e. The molecule has 1 heterocycles. The minimum Gasteiger partial charge on any atom is -0.338 e. The average molecular weight is 392 g/mol. The topological polar surface area (TPSA) is 62.7 Å². The van der Waals surface area contributed by atoms with E-state index >= 15 is 0 Å². The van der Waals surface area contributed by atoms with Gasteiger partial charge >= 0.3 is 0 Å². The second-order valence-electron chi connectivity index (χ2n) is 5.00. The van der Waals surface area contributed by atoms with E-state index in [9.17, 15) is 8.78 Å². The number of nitrogens with one attached hydrogen (secondary N) is 2. The lowest BCUT2D eigenvalue weighted by Crippen LogP contribution is -2.05. The van der Waals surface area contributed by atoms with Crippen molar-refractivity contribution < 1.29 is 8.78 Å². The Labute approximate surface area is 145 Å². The first-order valence-electron chi connectivity index (χ1n) is 6.97. The predicted molar refractivity (Wildman–Crippen MR) is 91.6 cm³/mol. The van der Waals surface area contributed by atoms with Crippen molar-refractivity contribution >= 4 is 39.1 Å². The van der Waals surface area contributed by atoms with Crippen molar-refractivity contribution in [2.45, 2.75) is 6.92 Å². The Bertz CT molecular complexity index is 868. The van der Waals surface area contributed by atoms with Crippen LogP contribution in [0.4, 0.5) is 31.9 Å². The van der Waals surface area contributed by atoms with Gasteiger partial charge in [-0.15, -0.1) is 5.10 Å². The van der Waals surface area contributed by atoms with Gasteiger partial charge in [-0.2, -0.15) is 10.1 Å². The Balaban J connectivity index is 1.84. The fraction of sp³-hybridized carbons (Fsp3) is 0.0625. The van der Waals surface area contributed by atoms with E-state index in [-0.39, 0.29) is 11.6 Å². The Hall–Kier alpha value is -2.61. The number of para-hydroxylation sites is 1. The van der Waals surface area contributed by atoms with E-state index in [4.69, 9.17) is 0 Å². The maximum atomic E-state index is 13.7. The molecule has 0 saturated carbocycles. The highest BCUT2D eigenvalue weighted by Gasteiger charge is 2.11. The highest BCUT2D eigenvalue weighted by atomic mass is 79.9. The first-order valence-corrected chi connectivity index (χ1v) is 7.76. The molecule has 8 heteroatoms. The lowest BCUT2D eigenvalue weighted by atomic mass is 10.2. The van der Waals surface area contributed by atoms with Crippen LogP contribution in [0, 0.1) is 18.6 Å². The molecule has 24 heavy (non-hydrogen) atoms. The van der Waals surface area contributed by atoms with Crippen LogP contribution in [0.5, 0.6) is 0 Å². The maximum Gasteiger partial charge on any atom is 0.249 e. The van der Waals surface area contributed by atoms with Crippen LogP contribution in [-0.4, -0.2) is 15.2 Å². The van der Waals surface area contributed by atoms with Crippen LogP contribution in [0.3, 0.4) is 0 Å². The third-order valence-corrected chi connectivity index (χ3v) is 3.80. The standard InChI is InChI=1S/C16H12BrF2N5/c1-9-5-6-13(10(17)7-9)21-14-8-20-24-16(22-14)23-15-11(18)3-2-4-12(15)19/h2-8H,1H3,(H2,21,22,23,24). The van der Waals surface area contributed by atoms with Crippen LogP contribution in [0.1, 0.15) is 5.56 Å². The minimum absolute atomic E-state index is 0.0211. The molecule has 3 rings (SSSR count). The summed E-state index contributed by atoms with van der Waals surface area (Å²) in [4.78, 5) is 4.16. The van der Waals surface area contributed by atoms with Gasteiger partial charge in [0.05, 0.1) is 11.9 Å². The normalized spacial score (nSPS) is 10.5. The second kappa shape index (κ2) is 6.88. The predicted octanol–water partition coefficient (Wildman–Crippen LogP) is 4.71. The van der Waals surface area contributed by atoms with Gasteiger partial charge in [-0.1, -0.05) is 12.1 Å². The number of hydrogen-bond acceptors (Lipinski definition) is 5. The Kier molecular flexibility index (Phi) is 4.66. The number of nitrogens with zero attached hydrogens (tertiary/aromatic N) is 3. The van der Waals surface area contributed by atoms with Gasteiger partial charge in [0.15, 0.2) is 5.82 Å². The molecule has 2 N–H and O–H groups in total. The van der Waals surface area contributed by atoms with Gasteiger partial charge in [-0.25, -0.2) is 8.78 Å². The van der Waals surface area contributed by atoms with Crippen molar-refractivity contribution in [3.63, 3.8) is 0 Å². The molecule has 0 spiro atoms. The van der Waals surface area contributed by atoms with Crippen LogP contribution in [0.2, 0.25) is 0 Å². The summed E-state index contributed by atoms with van der Waals surface area (Å²) in [5.41, 5.74) is 1.56.